The van der Waals surface area contributed by atoms with Gasteiger partial charge in [0.15, 0.2) is 4.80 Å². The van der Waals surface area contributed by atoms with Crippen molar-refractivity contribution in [3.05, 3.63) is 58.1 Å². The van der Waals surface area contributed by atoms with Crippen molar-refractivity contribution >= 4 is 49.2 Å². The Bertz CT molecular complexity index is 1380. The number of amides is 1. The number of rotatable bonds is 6. The van der Waals surface area contributed by atoms with E-state index >= 15 is 0 Å². The molecule has 0 spiro atoms. The highest BCUT2D eigenvalue weighted by Gasteiger charge is 2.33. The van der Waals surface area contributed by atoms with Gasteiger partial charge in [-0.05, 0) is 74.4 Å². The summed E-state index contributed by atoms with van der Waals surface area (Å²) in [6.07, 6.45) is 3.21. The average Bonchev–Trinajstić information content (AvgIpc) is 3.15. The van der Waals surface area contributed by atoms with Gasteiger partial charge in [0, 0.05) is 25.4 Å². The van der Waals surface area contributed by atoms with Gasteiger partial charge in [0.1, 0.15) is 5.82 Å². The molecule has 2 aromatic carbocycles. The molecule has 1 aromatic heterocycles. The van der Waals surface area contributed by atoms with E-state index in [-0.39, 0.29) is 17.3 Å². The predicted molar refractivity (Wildman–Crippen MR) is 136 cm³/mol. The fraction of sp³-hybridized carbons (Fsp3) is 0.417. The molecule has 10 heteroatoms. The van der Waals surface area contributed by atoms with Crippen molar-refractivity contribution in [3.63, 3.8) is 0 Å². The minimum absolute atomic E-state index is 0.0317. The number of sulfonamides is 1. The van der Waals surface area contributed by atoms with Gasteiger partial charge >= 0.3 is 0 Å². The van der Waals surface area contributed by atoms with E-state index < -0.39 is 21.8 Å². The Labute approximate surface area is 207 Å². The van der Waals surface area contributed by atoms with Crippen LogP contribution in [0.2, 0.25) is 0 Å². The van der Waals surface area contributed by atoms with E-state index in [0.717, 1.165) is 45.8 Å². The van der Waals surface area contributed by atoms with Crippen LogP contribution in [0.15, 0.2) is 46.3 Å². The summed E-state index contributed by atoms with van der Waals surface area (Å²) in [6.45, 7) is 5.28. The summed E-state index contributed by atoms with van der Waals surface area (Å²) >= 11 is 3.24. The van der Waals surface area contributed by atoms with Crippen molar-refractivity contribution in [3.8, 4) is 0 Å². The van der Waals surface area contributed by atoms with Gasteiger partial charge in [-0.15, -0.1) is 0 Å². The standard InChI is InChI=1S/C24H28FN3O3S3/c1-16-13-17(2)22-21(14-16)28(11-12-32-3)24(33-22)26-23(29)18-5-4-10-27(15-18)34(30,31)20-8-6-19(25)7-9-20/h6-9,13-14,18H,4-5,10-12,15H2,1-3H3. The van der Waals surface area contributed by atoms with Gasteiger partial charge in [-0.25, -0.2) is 12.8 Å². The molecule has 0 bridgehead atoms. The van der Waals surface area contributed by atoms with Crippen LogP contribution in [0.3, 0.4) is 0 Å². The van der Waals surface area contributed by atoms with Crippen LogP contribution in [0, 0.1) is 25.6 Å². The third-order valence-corrected chi connectivity index (χ3v) is 9.72. The van der Waals surface area contributed by atoms with E-state index in [1.807, 2.05) is 6.26 Å². The molecule has 0 saturated carbocycles. The van der Waals surface area contributed by atoms with Crippen LogP contribution in [-0.2, 0) is 21.4 Å². The fourth-order valence-corrected chi connectivity index (χ4v) is 7.30. The fourth-order valence-electron chi connectivity index (χ4n) is 4.30. The molecule has 2 heterocycles. The lowest BCUT2D eigenvalue weighted by Crippen LogP contribution is -2.42. The number of aromatic nitrogens is 1. The van der Waals surface area contributed by atoms with E-state index in [1.165, 1.54) is 27.8 Å². The summed E-state index contributed by atoms with van der Waals surface area (Å²) in [7, 11) is -3.80. The first-order valence-corrected chi connectivity index (χ1v) is 14.8. The van der Waals surface area contributed by atoms with Gasteiger partial charge in [0.05, 0.1) is 21.0 Å². The number of thiazole rings is 1. The molecule has 1 aliphatic heterocycles. The van der Waals surface area contributed by atoms with Crippen LogP contribution in [0.5, 0.6) is 0 Å². The van der Waals surface area contributed by atoms with Crippen molar-refractivity contribution < 1.29 is 17.6 Å². The van der Waals surface area contributed by atoms with Gasteiger partial charge in [0.2, 0.25) is 10.0 Å². The Kier molecular flexibility index (Phi) is 7.61. The number of carbonyl (C=O) groups is 1. The van der Waals surface area contributed by atoms with Crippen molar-refractivity contribution in [1.29, 1.82) is 0 Å². The lowest BCUT2D eigenvalue weighted by molar-refractivity contribution is -0.122. The second-order valence-electron chi connectivity index (χ2n) is 8.57. The van der Waals surface area contributed by atoms with Crippen molar-refractivity contribution in [1.82, 2.24) is 8.87 Å². The molecule has 182 valence electrons. The van der Waals surface area contributed by atoms with E-state index in [2.05, 4.69) is 35.5 Å². The van der Waals surface area contributed by atoms with Gasteiger partial charge < -0.3 is 4.57 Å². The van der Waals surface area contributed by atoms with Crippen molar-refractivity contribution in [2.24, 2.45) is 10.9 Å². The van der Waals surface area contributed by atoms with Gasteiger partial charge in [-0.3, -0.25) is 4.79 Å². The molecule has 34 heavy (non-hydrogen) atoms. The molecule has 0 aliphatic carbocycles. The predicted octanol–water partition coefficient (Wildman–Crippen LogP) is 4.35. The zero-order valence-electron chi connectivity index (χ0n) is 19.5. The molecule has 1 saturated heterocycles. The Hall–Kier alpha value is -2.01. The van der Waals surface area contributed by atoms with Gasteiger partial charge in [-0.1, -0.05) is 17.4 Å². The summed E-state index contributed by atoms with van der Waals surface area (Å²) < 4.78 is 43.9. The Morgan fingerprint density at radius 3 is 2.68 bits per heavy atom. The van der Waals surface area contributed by atoms with E-state index in [0.29, 0.717) is 24.2 Å². The summed E-state index contributed by atoms with van der Waals surface area (Å²) in [4.78, 5) is 18.4. The highest BCUT2D eigenvalue weighted by Crippen LogP contribution is 2.26. The number of carbonyl (C=O) groups excluding carboxylic acids is 1. The highest BCUT2D eigenvalue weighted by molar-refractivity contribution is 7.98. The molecule has 4 rings (SSSR count). The number of hydrogen-bond donors (Lipinski definition) is 0. The van der Waals surface area contributed by atoms with Crippen molar-refractivity contribution in [2.45, 2.75) is 38.1 Å². The Morgan fingerprint density at radius 2 is 1.97 bits per heavy atom. The summed E-state index contributed by atoms with van der Waals surface area (Å²) in [6, 6.07) is 9.04. The topological polar surface area (TPSA) is 71.7 Å². The van der Waals surface area contributed by atoms with E-state index in [4.69, 9.17) is 0 Å². The largest absolute Gasteiger partial charge is 0.315 e. The smallest absolute Gasteiger partial charge is 0.252 e. The molecule has 1 fully saturated rings. The summed E-state index contributed by atoms with van der Waals surface area (Å²) in [5, 5.41) is 0. The number of thioether (sulfide) groups is 1. The Balaban J connectivity index is 1.65. The quantitative estimate of drug-likeness (QED) is 0.484. The highest BCUT2D eigenvalue weighted by atomic mass is 32.2. The lowest BCUT2D eigenvalue weighted by atomic mass is 9.99. The third kappa shape index (κ3) is 5.15. The maximum absolute atomic E-state index is 13.3. The zero-order chi connectivity index (χ0) is 24.5. The van der Waals surface area contributed by atoms with Gasteiger partial charge in [-0.2, -0.15) is 21.1 Å². The number of aryl methyl sites for hydroxylation is 3. The first-order valence-electron chi connectivity index (χ1n) is 11.1. The number of nitrogens with zero attached hydrogens (tertiary/aromatic N) is 3. The maximum Gasteiger partial charge on any atom is 0.252 e. The number of piperidine rings is 1. The molecule has 1 atom stereocenters. The average molecular weight is 522 g/mol. The first kappa shape index (κ1) is 25.1. The van der Waals surface area contributed by atoms with Crippen LogP contribution in [-0.4, -0.2) is 48.3 Å². The van der Waals surface area contributed by atoms with Crippen molar-refractivity contribution in [2.75, 3.05) is 25.1 Å². The van der Waals surface area contributed by atoms with E-state index in [9.17, 15) is 17.6 Å². The summed E-state index contributed by atoms with van der Waals surface area (Å²) in [5.41, 5.74) is 3.39. The lowest BCUT2D eigenvalue weighted by Gasteiger charge is -2.30. The van der Waals surface area contributed by atoms with Crippen LogP contribution in [0.1, 0.15) is 24.0 Å². The second kappa shape index (κ2) is 10.3. The maximum atomic E-state index is 13.3. The normalized spacial score (nSPS) is 18.0. The molecule has 1 amide bonds. The van der Waals surface area contributed by atoms with Crippen LogP contribution < -0.4 is 4.80 Å². The minimum atomic E-state index is -3.80. The third-order valence-electron chi connectivity index (χ3n) is 6.02. The zero-order valence-corrected chi connectivity index (χ0v) is 21.9. The SMILES string of the molecule is CSCCn1c(=NC(=O)C2CCCN(S(=O)(=O)c3ccc(F)cc3)C2)sc2c(C)cc(C)cc21. The first-order chi connectivity index (χ1) is 16.2. The van der Waals surface area contributed by atoms with E-state index in [1.54, 1.807) is 11.8 Å². The molecule has 6 nitrogen and oxygen atoms in total. The Morgan fingerprint density at radius 1 is 1.24 bits per heavy atom. The molecule has 0 radical (unpaired) electrons. The summed E-state index contributed by atoms with van der Waals surface area (Å²) in [5.74, 6) is -0.398. The van der Waals surface area contributed by atoms with Crippen LogP contribution in [0.4, 0.5) is 4.39 Å². The molecule has 0 N–H and O–H groups in total. The molecule has 1 unspecified atom stereocenters. The number of benzene rings is 2. The molecule has 3 aromatic rings. The molecular formula is C24H28FN3O3S3. The minimum Gasteiger partial charge on any atom is -0.315 e. The second-order valence-corrected chi connectivity index (χ2v) is 12.5. The van der Waals surface area contributed by atoms with Gasteiger partial charge in [0.25, 0.3) is 5.91 Å². The monoisotopic (exact) mass is 521 g/mol. The van der Waals surface area contributed by atoms with Crippen LogP contribution in [0.25, 0.3) is 10.2 Å². The van der Waals surface area contributed by atoms with Crippen LogP contribution >= 0.6 is 23.1 Å². The molecule has 1 aliphatic rings. The molecular weight excluding hydrogens is 493 g/mol. The number of hydrogen-bond acceptors (Lipinski definition) is 5. The number of halogens is 1. The number of fused-ring (bicyclic) bond motifs is 1.